The Kier molecular flexibility index (Phi) is 6.06. The number of nitrogens with two attached hydrogens (primary N) is 1. The van der Waals surface area contributed by atoms with Crippen LogP contribution in [0, 0.1) is 0 Å². The first kappa shape index (κ1) is 15.4. The Morgan fingerprint density at radius 1 is 1.11 bits per heavy atom. The van der Waals surface area contributed by atoms with E-state index < -0.39 is 0 Å². The topological polar surface area (TPSA) is 32.5 Å². The van der Waals surface area contributed by atoms with E-state index in [1.165, 1.54) is 0 Å². The molecule has 0 amide bonds. The van der Waals surface area contributed by atoms with E-state index in [0.29, 0.717) is 15.7 Å². The van der Waals surface area contributed by atoms with E-state index >= 15 is 0 Å². The van der Waals surface area contributed by atoms with E-state index in [1.54, 1.807) is 12.1 Å². The molecule has 0 heterocycles. The summed E-state index contributed by atoms with van der Waals surface area (Å²) < 4.78 is 0. The molecule has 0 saturated heterocycles. The second-order valence-corrected chi connectivity index (χ2v) is 5.38. The summed E-state index contributed by atoms with van der Waals surface area (Å²) in [5.74, 6) is 0. The summed E-state index contributed by atoms with van der Waals surface area (Å²) in [6.07, 6.45) is 1.07. The van der Waals surface area contributed by atoms with Crippen molar-refractivity contribution >= 4 is 34.6 Å². The van der Waals surface area contributed by atoms with Crippen LogP contribution in [0.2, 0.25) is 10.0 Å². The predicted molar refractivity (Wildman–Crippen MR) is 81.9 cm³/mol. The number of nitrogens with zero attached hydrogens (tertiary/aromatic N) is 2. The zero-order valence-electron chi connectivity index (χ0n) is 11.2. The average molecular weight is 290 g/mol. The summed E-state index contributed by atoms with van der Waals surface area (Å²) in [7, 11) is 4.14. The van der Waals surface area contributed by atoms with Gasteiger partial charge in [0.05, 0.1) is 15.7 Å². The van der Waals surface area contributed by atoms with Crippen molar-refractivity contribution in [3.05, 3.63) is 22.2 Å². The Morgan fingerprint density at radius 3 is 2.11 bits per heavy atom. The third-order valence-corrected chi connectivity index (χ3v) is 3.35. The summed E-state index contributed by atoms with van der Waals surface area (Å²) in [5, 5.41) is 1.23. The molecule has 0 saturated carbocycles. The Morgan fingerprint density at radius 2 is 1.67 bits per heavy atom. The van der Waals surface area contributed by atoms with Gasteiger partial charge in [0.1, 0.15) is 0 Å². The molecule has 18 heavy (non-hydrogen) atoms. The molecule has 2 N–H and O–H groups in total. The average Bonchev–Trinajstić information content (AvgIpc) is 2.25. The fourth-order valence-electron chi connectivity index (χ4n) is 1.89. The van der Waals surface area contributed by atoms with Gasteiger partial charge in [-0.05, 0) is 46.1 Å². The second-order valence-electron chi connectivity index (χ2n) is 4.57. The van der Waals surface area contributed by atoms with E-state index in [2.05, 4.69) is 30.8 Å². The van der Waals surface area contributed by atoms with E-state index in [4.69, 9.17) is 28.9 Å². The Balaban J connectivity index is 2.82. The van der Waals surface area contributed by atoms with Gasteiger partial charge in [-0.3, -0.25) is 0 Å². The highest BCUT2D eigenvalue weighted by Gasteiger charge is 2.13. The van der Waals surface area contributed by atoms with Gasteiger partial charge < -0.3 is 15.5 Å². The molecule has 0 aliphatic carbocycles. The van der Waals surface area contributed by atoms with Crippen LogP contribution in [0.1, 0.15) is 13.3 Å². The van der Waals surface area contributed by atoms with Gasteiger partial charge in [0.25, 0.3) is 0 Å². The second kappa shape index (κ2) is 7.07. The lowest BCUT2D eigenvalue weighted by atomic mass is 10.2. The van der Waals surface area contributed by atoms with E-state index in [0.717, 1.165) is 31.7 Å². The quantitative estimate of drug-likeness (QED) is 0.815. The van der Waals surface area contributed by atoms with Crippen molar-refractivity contribution in [2.24, 2.45) is 0 Å². The van der Waals surface area contributed by atoms with Gasteiger partial charge in [-0.25, -0.2) is 0 Å². The zero-order valence-corrected chi connectivity index (χ0v) is 12.7. The van der Waals surface area contributed by atoms with Crippen molar-refractivity contribution in [2.45, 2.75) is 13.3 Å². The van der Waals surface area contributed by atoms with Crippen LogP contribution in [-0.4, -0.2) is 38.6 Å². The highest BCUT2D eigenvalue weighted by atomic mass is 35.5. The maximum Gasteiger partial charge on any atom is 0.0746 e. The lowest BCUT2D eigenvalue weighted by molar-refractivity contribution is 0.400. The Labute approximate surface area is 119 Å². The smallest absolute Gasteiger partial charge is 0.0746 e. The lowest BCUT2D eigenvalue weighted by Gasteiger charge is -2.26. The first-order valence-corrected chi connectivity index (χ1v) is 6.85. The van der Waals surface area contributed by atoms with Crippen LogP contribution in [0.5, 0.6) is 0 Å². The van der Waals surface area contributed by atoms with Crippen LogP contribution in [0.3, 0.4) is 0 Å². The van der Waals surface area contributed by atoms with Gasteiger partial charge in [0.2, 0.25) is 0 Å². The first-order chi connectivity index (χ1) is 8.45. The molecule has 1 aromatic carbocycles. The number of hydrogen-bond donors (Lipinski definition) is 1. The highest BCUT2D eigenvalue weighted by molar-refractivity contribution is 6.39. The normalized spacial score (nSPS) is 11.0. The van der Waals surface area contributed by atoms with Crippen LogP contribution in [0.25, 0.3) is 0 Å². The molecule has 0 aliphatic heterocycles. The molecular weight excluding hydrogens is 269 g/mol. The largest absolute Gasteiger partial charge is 0.399 e. The van der Waals surface area contributed by atoms with Gasteiger partial charge in [-0.2, -0.15) is 0 Å². The first-order valence-electron chi connectivity index (χ1n) is 6.10. The maximum atomic E-state index is 6.23. The summed E-state index contributed by atoms with van der Waals surface area (Å²) >= 11 is 12.5. The fourth-order valence-corrected chi connectivity index (χ4v) is 2.64. The zero-order chi connectivity index (χ0) is 13.7. The Bertz CT molecular complexity index is 371. The summed E-state index contributed by atoms with van der Waals surface area (Å²) in [5.41, 5.74) is 7.19. The molecule has 5 heteroatoms. The third-order valence-electron chi connectivity index (χ3n) is 2.77. The molecular formula is C13H21Cl2N3. The van der Waals surface area contributed by atoms with Crippen LogP contribution in [-0.2, 0) is 0 Å². The summed E-state index contributed by atoms with van der Waals surface area (Å²) in [4.78, 5) is 4.35. The molecule has 0 aromatic heterocycles. The van der Waals surface area contributed by atoms with Crippen LogP contribution < -0.4 is 10.6 Å². The van der Waals surface area contributed by atoms with E-state index in [1.807, 2.05) is 0 Å². The minimum absolute atomic E-state index is 0.595. The predicted octanol–water partition coefficient (Wildman–Crippen LogP) is 3.35. The van der Waals surface area contributed by atoms with Gasteiger partial charge in [-0.1, -0.05) is 23.2 Å². The molecule has 0 atom stereocenters. The molecule has 0 radical (unpaired) electrons. The number of benzene rings is 1. The van der Waals surface area contributed by atoms with Gasteiger partial charge in [-0.15, -0.1) is 0 Å². The third kappa shape index (κ3) is 4.23. The molecule has 1 rings (SSSR count). The van der Waals surface area contributed by atoms with E-state index in [-0.39, 0.29) is 0 Å². The lowest BCUT2D eigenvalue weighted by Crippen LogP contribution is -2.27. The van der Waals surface area contributed by atoms with Crippen molar-refractivity contribution in [1.29, 1.82) is 0 Å². The van der Waals surface area contributed by atoms with Gasteiger partial charge in [0.15, 0.2) is 0 Å². The van der Waals surface area contributed by atoms with Crippen molar-refractivity contribution in [3.63, 3.8) is 0 Å². The molecule has 3 nitrogen and oxygen atoms in total. The highest BCUT2D eigenvalue weighted by Crippen LogP contribution is 2.35. The maximum absolute atomic E-state index is 6.23. The molecule has 0 fully saturated rings. The fraction of sp³-hybridized carbons (Fsp3) is 0.538. The molecule has 102 valence electrons. The number of rotatable bonds is 6. The van der Waals surface area contributed by atoms with Crippen molar-refractivity contribution < 1.29 is 0 Å². The van der Waals surface area contributed by atoms with Crippen LogP contribution in [0.15, 0.2) is 12.1 Å². The molecule has 0 bridgehead atoms. The van der Waals surface area contributed by atoms with Crippen molar-refractivity contribution in [3.8, 4) is 0 Å². The number of nitrogen functional groups attached to an aromatic ring is 1. The van der Waals surface area contributed by atoms with Crippen LogP contribution >= 0.6 is 23.2 Å². The number of hydrogen-bond acceptors (Lipinski definition) is 3. The van der Waals surface area contributed by atoms with Gasteiger partial charge in [0, 0.05) is 18.8 Å². The minimum atomic E-state index is 0.595. The molecule has 0 spiro atoms. The number of halogens is 2. The molecule has 1 aromatic rings. The minimum Gasteiger partial charge on any atom is -0.399 e. The molecule has 0 aliphatic rings. The monoisotopic (exact) mass is 289 g/mol. The van der Waals surface area contributed by atoms with Crippen molar-refractivity contribution in [1.82, 2.24) is 4.90 Å². The van der Waals surface area contributed by atoms with Gasteiger partial charge >= 0.3 is 0 Å². The van der Waals surface area contributed by atoms with E-state index in [9.17, 15) is 0 Å². The summed E-state index contributed by atoms with van der Waals surface area (Å²) in [6.45, 7) is 4.94. The standard InChI is InChI=1S/C13H21Cl2N3/c1-4-18(7-5-6-17(2)3)13-11(14)8-10(16)9-12(13)15/h8-9H,4-7,16H2,1-3H3. The van der Waals surface area contributed by atoms with Crippen molar-refractivity contribution in [2.75, 3.05) is 44.4 Å². The SMILES string of the molecule is CCN(CCCN(C)C)c1c(Cl)cc(N)cc1Cl. The summed E-state index contributed by atoms with van der Waals surface area (Å²) in [6, 6.07) is 3.49. The number of anilines is 2. The Hall–Kier alpha value is -0.640. The van der Waals surface area contributed by atoms with Crippen LogP contribution in [0.4, 0.5) is 11.4 Å². The molecule has 0 unspecified atom stereocenters.